The van der Waals surface area contributed by atoms with Crippen molar-refractivity contribution in [2.45, 2.75) is 0 Å². The third-order valence-corrected chi connectivity index (χ3v) is 4.80. The van der Waals surface area contributed by atoms with Crippen molar-refractivity contribution in [3.63, 3.8) is 0 Å². The Balaban J connectivity index is 1.64. The van der Waals surface area contributed by atoms with E-state index in [0.717, 1.165) is 0 Å². The molecule has 0 fully saturated rings. The fraction of sp³-hybridized carbons (Fsp3) is 0. The van der Waals surface area contributed by atoms with E-state index < -0.39 is 0 Å². The van der Waals surface area contributed by atoms with Crippen molar-refractivity contribution in [2.75, 3.05) is 0 Å². The highest BCUT2D eigenvalue weighted by molar-refractivity contribution is 6.15. The van der Waals surface area contributed by atoms with Crippen LogP contribution in [0.1, 0.15) is 11.1 Å². The van der Waals surface area contributed by atoms with Gasteiger partial charge in [0.2, 0.25) is 0 Å². The van der Waals surface area contributed by atoms with E-state index in [9.17, 15) is 0 Å². The maximum Gasteiger partial charge on any atom is -0.00264 e. The van der Waals surface area contributed by atoms with Gasteiger partial charge in [-0.25, -0.2) is 0 Å². The fourth-order valence-corrected chi connectivity index (χ4v) is 3.67. The maximum absolute atomic E-state index is 2.31. The lowest BCUT2D eigenvalue weighted by Gasteiger charge is -2.03. The molecule has 4 aromatic carbocycles. The summed E-state index contributed by atoms with van der Waals surface area (Å²) in [5, 5.41) is 2.71. The standard InChI is InChI=1S/C24H16/c1-2-6-17(7-3-1)12-13-18-14-15-20-21-10-4-8-19-9-5-11-22(24(19)21)23(20)16-18/h1-16H/b13-12+. The summed E-state index contributed by atoms with van der Waals surface area (Å²) < 4.78 is 0. The molecule has 4 aromatic rings. The van der Waals surface area contributed by atoms with Crippen LogP contribution >= 0.6 is 0 Å². The number of benzene rings is 4. The Morgan fingerprint density at radius 2 is 1.17 bits per heavy atom. The summed E-state index contributed by atoms with van der Waals surface area (Å²) in [6, 6.07) is 30.4. The van der Waals surface area contributed by atoms with Gasteiger partial charge in [0.05, 0.1) is 0 Å². The molecule has 0 N–H and O–H groups in total. The van der Waals surface area contributed by atoms with Gasteiger partial charge in [0.25, 0.3) is 0 Å². The highest BCUT2D eigenvalue weighted by Gasteiger charge is 2.20. The van der Waals surface area contributed by atoms with E-state index in [0.29, 0.717) is 0 Å². The number of fused-ring (bicyclic) bond motifs is 3. The maximum atomic E-state index is 2.31. The predicted octanol–water partition coefficient (Wildman–Crippen LogP) is 6.66. The van der Waals surface area contributed by atoms with E-state index in [1.165, 1.54) is 44.2 Å². The van der Waals surface area contributed by atoms with Crippen molar-refractivity contribution in [3.05, 3.63) is 96.1 Å². The highest BCUT2D eigenvalue weighted by Crippen LogP contribution is 2.47. The fourth-order valence-electron chi connectivity index (χ4n) is 3.67. The summed E-state index contributed by atoms with van der Waals surface area (Å²) in [5.41, 5.74) is 7.87. The van der Waals surface area contributed by atoms with Crippen LogP contribution < -0.4 is 0 Å². The van der Waals surface area contributed by atoms with Crippen molar-refractivity contribution in [2.24, 2.45) is 0 Å². The minimum Gasteiger partial charge on any atom is -0.0622 e. The first-order chi connectivity index (χ1) is 11.9. The van der Waals surface area contributed by atoms with Gasteiger partial charge >= 0.3 is 0 Å². The monoisotopic (exact) mass is 304 g/mol. The molecule has 0 aliphatic heterocycles. The number of hydrogen-bond donors (Lipinski definition) is 0. The second-order valence-electron chi connectivity index (χ2n) is 6.26. The smallest absolute Gasteiger partial charge is 0.00264 e. The third kappa shape index (κ3) is 2.00. The molecule has 1 aliphatic rings. The zero-order valence-electron chi connectivity index (χ0n) is 13.2. The van der Waals surface area contributed by atoms with Crippen LogP contribution in [0.15, 0.2) is 84.9 Å². The second-order valence-corrected chi connectivity index (χ2v) is 6.26. The van der Waals surface area contributed by atoms with Gasteiger partial charge in [0.1, 0.15) is 0 Å². The Morgan fingerprint density at radius 1 is 0.458 bits per heavy atom. The van der Waals surface area contributed by atoms with Crippen molar-refractivity contribution in [1.29, 1.82) is 0 Å². The van der Waals surface area contributed by atoms with Crippen LogP contribution in [0.4, 0.5) is 0 Å². The number of rotatable bonds is 2. The average molecular weight is 304 g/mol. The van der Waals surface area contributed by atoms with Crippen LogP contribution in [-0.2, 0) is 0 Å². The van der Waals surface area contributed by atoms with Gasteiger partial charge in [-0.05, 0) is 50.2 Å². The van der Waals surface area contributed by atoms with Crippen molar-refractivity contribution < 1.29 is 0 Å². The Labute approximate surface area is 141 Å². The Bertz CT molecular complexity index is 1080. The first-order valence-electron chi connectivity index (χ1n) is 8.30. The van der Waals surface area contributed by atoms with E-state index in [-0.39, 0.29) is 0 Å². The van der Waals surface area contributed by atoms with Crippen LogP contribution in [0, 0.1) is 0 Å². The Kier molecular flexibility index (Phi) is 2.89. The summed E-state index contributed by atoms with van der Waals surface area (Å²) >= 11 is 0. The van der Waals surface area contributed by atoms with E-state index in [1.807, 2.05) is 6.07 Å². The molecule has 0 radical (unpaired) electrons. The van der Waals surface area contributed by atoms with Crippen molar-refractivity contribution >= 4 is 22.9 Å². The first kappa shape index (κ1) is 13.3. The molecule has 0 aromatic heterocycles. The molecule has 0 spiro atoms. The molecule has 0 heteroatoms. The second kappa shape index (κ2) is 5.21. The van der Waals surface area contributed by atoms with Crippen molar-refractivity contribution in [3.8, 4) is 22.3 Å². The first-order valence-corrected chi connectivity index (χ1v) is 8.30. The van der Waals surface area contributed by atoms with Gasteiger partial charge in [-0.15, -0.1) is 0 Å². The van der Waals surface area contributed by atoms with E-state index in [2.05, 4.69) is 91.0 Å². The summed E-state index contributed by atoms with van der Waals surface area (Å²) in [4.78, 5) is 0. The van der Waals surface area contributed by atoms with Gasteiger partial charge in [-0.3, -0.25) is 0 Å². The van der Waals surface area contributed by atoms with Crippen LogP contribution in [-0.4, -0.2) is 0 Å². The summed E-state index contributed by atoms with van der Waals surface area (Å²) in [7, 11) is 0. The SMILES string of the molecule is C(=C\c1ccc2c(c1)-c1cccc3cccc-2c13)/c1ccccc1. The molecule has 0 amide bonds. The van der Waals surface area contributed by atoms with Gasteiger partial charge in [0.15, 0.2) is 0 Å². The lowest BCUT2D eigenvalue weighted by atomic mass is 10.0. The quantitative estimate of drug-likeness (QED) is 0.320. The molecule has 0 saturated heterocycles. The van der Waals surface area contributed by atoms with Crippen LogP contribution in [0.25, 0.3) is 45.2 Å². The van der Waals surface area contributed by atoms with Gasteiger partial charge in [0, 0.05) is 0 Å². The molecule has 5 rings (SSSR count). The lowest BCUT2D eigenvalue weighted by molar-refractivity contribution is 1.64. The molecule has 0 unspecified atom stereocenters. The van der Waals surface area contributed by atoms with Crippen molar-refractivity contribution in [1.82, 2.24) is 0 Å². The van der Waals surface area contributed by atoms with Crippen LogP contribution in [0.3, 0.4) is 0 Å². The average Bonchev–Trinajstić information content (AvgIpc) is 2.97. The Morgan fingerprint density at radius 3 is 1.96 bits per heavy atom. The minimum atomic E-state index is 1.23. The molecule has 0 heterocycles. The predicted molar refractivity (Wildman–Crippen MR) is 104 cm³/mol. The van der Waals surface area contributed by atoms with Crippen LogP contribution in [0.2, 0.25) is 0 Å². The van der Waals surface area contributed by atoms with Gasteiger partial charge in [-0.1, -0.05) is 91.0 Å². The molecular weight excluding hydrogens is 288 g/mol. The van der Waals surface area contributed by atoms with E-state index in [4.69, 9.17) is 0 Å². The molecule has 112 valence electrons. The van der Waals surface area contributed by atoms with E-state index >= 15 is 0 Å². The topological polar surface area (TPSA) is 0 Å². The van der Waals surface area contributed by atoms with Gasteiger partial charge in [-0.2, -0.15) is 0 Å². The zero-order chi connectivity index (χ0) is 15.9. The van der Waals surface area contributed by atoms with Gasteiger partial charge < -0.3 is 0 Å². The molecular formula is C24H16. The molecule has 0 bridgehead atoms. The highest BCUT2D eigenvalue weighted by atomic mass is 14.2. The minimum absolute atomic E-state index is 1.23. The zero-order valence-corrected chi connectivity index (χ0v) is 13.2. The van der Waals surface area contributed by atoms with Crippen LogP contribution in [0.5, 0.6) is 0 Å². The molecule has 1 aliphatic carbocycles. The molecule has 0 saturated carbocycles. The Hall–Kier alpha value is -3.12. The molecule has 24 heavy (non-hydrogen) atoms. The lowest BCUT2D eigenvalue weighted by Crippen LogP contribution is -1.79. The molecule has 0 nitrogen and oxygen atoms in total. The summed E-state index contributed by atoms with van der Waals surface area (Å²) in [5.74, 6) is 0. The summed E-state index contributed by atoms with van der Waals surface area (Å²) in [6.45, 7) is 0. The normalized spacial score (nSPS) is 12.0. The summed E-state index contributed by atoms with van der Waals surface area (Å²) in [6.07, 6.45) is 4.36. The van der Waals surface area contributed by atoms with E-state index in [1.54, 1.807) is 0 Å². The largest absolute Gasteiger partial charge is 0.0622 e. The third-order valence-electron chi connectivity index (χ3n) is 4.80. The molecule has 0 atom stereocenters. The number of hydrogen-bond acceptors (Lipinski definition) is 0.